The van der Waals surface area contributed by atoms with Crippen LogP contribution in [0.5, 0.6) is 0 Å². The standard InChI is InChI=1S/C24H18N2O2/c27-24(28)19-3-1-2-15(10-19)11-20-14-26-23-13-18(6-7-21(20)23)17-5-4-16-8-9-25-22(16)12-17/h1-10,12-14,20,25H,11H2,(H,27,28). The number of aromatic amines is 1. The molecular weight excluding hydrogens is 348 g/mol. The average molecular weight is 366 g/mol. The molecule has 0 spiro atoms. The summed E-state index contributed by atoms with van der Waals surface area (Å²) >= 11 is 0. The van der Waals surface area contributed by atoms with Gasteiger partial charge in [0.25, 0.3) is 0 Å². The minimum Gasteiger partial charge on any atom is -0.478 e. The lowest BCUT2D eigenvalue weighted by Gasteiger charge is -2.11. The molecule has 0 fully saturated rings. The highest BCUT2D eigenvalue weighted by Gasteiger charge is 2.20. The Labute approximate surface area is 162 Å². The highest BCUT2D eigenvalue weighted by molar-refractivity contribution is 5.89. The fourth-order valence-corrected chi connectivity index (χ4v) is 3.87. The summed E-state index contributed by atoms with van der Waals surface area (Å²) in [6, 6.07) is 22.0. The Kier molecular flexibility index (Phi) is 3.83. The van der Waals surface area contributed by atoms with Gasteiger partial charge in [0, 0.05) is 23.8 Å². The van der Waals surface area contributed by atoms with Crippen molar-refractivity contribution < 1.29 is 9.90 Å². The van der Waals surface area contributed by atoms with E-state index < -0.39 is 5.97 Å². The molecule has 0 aliphatic carbocycles. The van der Waals surface area contributed by atoms with E-state index in [-0.39, 0.29) is 5.92 Å². The number of hydrogen-bond donors (Lipinski definition) is 2. The van der Waals surface area contributed by atoms with Crippen LogP contribution in [0, 0.1) is 0 Å². The van der Waals surface area contributed by atoms with Gasteiger partial charge in [-0.2, -0.15) is 0 Å². The molecule has 1 atom stereocenters. The molecule has 4 aromatic rings. The van der Waals surface area contributed by atoms with Gasteiger partial charge in [-0.15, -0.1) is 0 Å². The summed E-state index contributed by atoms with van der Waals surface area (Å²) < 4.78 is 0. The molecule has 0 bridgehead atoms. The fraction of sp³-hybridized carbons (Fsp3) is 0.0833. The van der Waals surface area contributed by atoms with Gasteiger partial charge >= 0.3 is 5.97 Å². The van der Waals surface area contributed by atoms with Crippen molar-refractivity contribution in [2.75, 3.05) is 0 Å². The van der Waals surface area contributed by atoms with Crippen molar-refractivity contribution in [1.29, 1.82) is 0 Å². The number of aromatic carboxylic acids is 1. The maximum atomic E-state index is 11.2. The van der Waals surface area contributed by atoms with E-state index in [0.717, 1.165) is 34.3 Å². The molecule has 3 aromatic carbocycles. The number of benzene rings is 3. The number of aromatic nitrogens is 1. The summed E-state index contributed by atoms with van der Waals surface area (Å²) in [5, 5.41) is 10.4. The third-order valence-corrected chi connectivity index (χ3v) is 5.34. The molecule has 1 aliphatic heterocycles. The average Bonchev–Trinajstić information content (AvgIpc) is 3.34. The summed E-state index contributed by atoms with van der Waals surface area (Å²) in [6.07, 6.45) is 4.66. The molecule has 0 saturated heterocycles. The van der Waals surface area contributed by atoms with E-state index >= 15 is 0 Å². The molecule has 1 aromatic heterocycles. The van der Waals surface area contributed by atoms with Crippen molar-refractivity contribution >= 4 is 28.8 Å². The molecule has 0 amide bonds. The van der Waals surface area contributed by atoms with Crippen LogP contribution in [-0.4, -0.2) is 22.3 Å². The highest BCUT2D eigenvalue weighted by atomic mass is 16.4. The van der Waals surface area contributed by atoms with E-state index in [1.807, 2.05) is 18.5 Å². The number of aliphatic imine (C=N–C) groups is 1. The van der Waals surface area contributed by atoms with Gasteiger partial charge in [-0.05, 0) is 64.4 Å². The van der Waals surface area contributed by atoms with E-state index in [9.17, 15) is 9.90 Å². The number of rotatable bonds is 4. The molecule has 1 unspecified atom stereocenters. The largest absolute Gasteiger partial charge is 0.478 e. The highest BCUT2D eigenvalue weighted by Crippen LogP contribution is 2.37. The fourth-order valence-electron chi connectivity index (χ4n) is 3.87. The van der Waals surface area contributed by atoms with Crippen LogP contribution in [0.25, 0.3) is 22.0 Å². The van der Waals surface area contributed by atoms with Crippen LogP contribution in [0.1, 0.15) is 27.4 Å². The van der Waals surface area contributed by atoms with Crippen LogP contribution in [0.15, 0.2) is 77.9 Å². The van der Waals surface area contributed by atoms with Gasteiger partial charge in [0.05, 0.1) is 11.3 Å². The smallest absolute Gasteiger partial charge is 0.335 e. The number of hydrogen-bond acceptors (Lipinski definition) is 2. The Balaban J connectivity index is 1.43. The third kappa shape index (κ3) is 2.89. The quantitative estimate of drug-likeness (QED) is 0.495. The van der Waals surface area contributed by atoms with Crippen molar-refractivity contribution in [3.8, 4) is 11.1 Å². The number of carboxylic acid groups (broad SMARTS) is 1. The van der Waals surface area contributed by atoms with E-state index in [1.54, 1.807) is 18.2 Å². The van der Waals surface area contributed by atoms with Gasteiger partial charge in [0.1, 0.15) is 0 Å². The predicted molar refractivity (Wildman–Crippen MR) is 112 cm³/mol. The van der Waals surface area contributed by atoms with E-state index in [0.29, 0.717) is 5.56 Å². The first-order valence-electron chi connectivity index (χ1n) is 9.25. The molecule has 1 aliphatic rings. The van der Waals surface area contributed by atoms with Crippen LogP contribution < -0.4 is 0 Å². The van der Waals surface area contributed by atoms with Crippen LogP contribution in [-0.2, 0) is 6.42 Å². The number of nitrogens with zero attached hydrogens (tertiary/aromatic N) is 1. The van der Waals surface area contributed by atoms with E-state index in [2.05, 4.69) is 52.4 Å². The summed E-state index contributed by atoms with van der Waals surface area (Å²) in [6.45, 7) is 0. The monoisotopic (exact) mass is 366 g/mol. The van der Waals surface area contributed by atoms with Crippen LogP contribution in [0.3, 0.4) is 0 Å². The Bertz CT molecular complexity index is 1240. The number of H-pyrrole nitrogens is 1. The zero-order chi connectivity index (χ0) is 19.1. The molecule has 4 heteroatoms. The molecule has 28 heavy (non-hydrogen) atoms. The Morgan fingerprint density at radius 3 is 2.75 bits per heavy atom. The maximum Gasteiger partial charge on any atom is 0.335 e. The molecular formula is C24H18N2O2. The third-order valence-electron chi connectivity index (χ3n) is 5.34. The topological polar surface area (TPSA) is 65.4 Å². The zero-order valence-electron chi connectivity index (χ0n) is 15.1. The maximum absolute atomic E-state index is 11.2. The summed E-state index contributed by atoms with van der Waals surface area (Å²) in [5.41, 5.74) is 6.92. The Morgan fingerprint density at radius 2 is 1.86 bits per heavy atom. The first-order chi connectivity index (χ1) is 13.7. The lowest BCUT2D eigenvalue weighted by Crippen LogP contribution is -2.03. The van der Waals surface area contributed by atoms with Crippen molar-refractivity contribution in [2.45, 2.75) is 12.3 Å². The lowest BCUT2D eigenvalue weighted by molar-refractivity contribution is 0.0696. The summed E-state index contributed by atoms with van der Waals surface area (Å²) in [5.74, 6) is -0.731. The number of nitrogens with one attached hydrogen (secondary N) is 1. The second-order valence-electron chi connectivity index (χ2n) is 7.15. The zero-order valence-corrected chi connectivity index (χ0v) is 15.1. The van der Waals surface area contributed by atoms with Gasteiger partial charge in [-0.1, -0.05) is 36.4 Å². The Morgan fingerprint density at radius 1 is 1.00 bits per heavy atom. The predicted octanol–water partition coefficient (Wildman–Crippen LogP) is 5.58. The number of fused-ring (bicyclic) bond motifs is 2. The minimum absolute atomic E-state index is 0.166. The second kappa shape index (κ2) is 6.50. The SMILES string of the molecule is O=C(O)c1cccc(CC2C=Nc3cc(-c4ccc5cc[nH]c5c4)ccc32)c1. The minimum atomic E-state index is -0.897. The van der Waals surface area contributed by atoms with Gasteiger partial charge in [0.15, 0.2) is 0 Å². The normalized spacial score (nSPS) is 15.1. The van der Waals surface area contributed by atoms with Gasteiger partial charge in [-0.25, -0.2) is 4.79 Å². The van der Waals surface area contributed by atoms with Crippen LogP contribution in [0.4, 0.5) is 5.69 Å². The molecule has 4 nitrogen and oxygen atoms in total. The van der Waals surface area contributed by atoms with Crippen molar-refractivity contribution in [3.05, 3.63) is 89.6 Å². The summed E-state index contributed by atoms with van der Waals surface area (Å²) in [4.78, 5) is 19.1. The number of carboxylic acids is 1. The first-order valence-corrected chi connectivity index (χ1v) is 9.25. The molecule has 136 valence electrons. The van der Waals surface area contributed by atoms with Crippen LogP contribution >= 0.6 is 0 Å². The van der Waals surface area contributed by atoms with Crippen LogP contribution in [0.2, 0.25) is 0 Å². The Hall–Kier alpha value is -3.66. The lowest BCUT2D eigenvalue weighted by atomic mass is 9.91. The molecule has 2 N–H and O–H groups in total. The number of carbonyl (C=O) groups is 1. The van der Waals surface area contributed by atoms with Gasteiger partial charge in [-0.3, -0.25) is 4.99 Å². The van der Waals surface area contributed by atoms with Gasteiger partial charge in [0.2, 0.25) is 0 Å². The molecule has 0 saturated carbocycles. The van der Waals surface area contributed by atoms with Crippen molar-refractivity contribution in [1.82, 2.24) is 4.98 Å². The second-order valence-corrected chi connectivity index (χ2v) is 7.15. The molecule has 5 rings (SSSR count). The first kappa shape index (κ1) is 16.5. The molecule has 2 heterocycles. The van der Waals surface area contributed by atoms with Crippen molar-refractivity contribution in [3.63, 3.8) is 0 Å². The summed E-state index contributed by atoms with van der Waals surface area (Å²) in [7, 11) is 0. The molecule has 0 radical (unpaired) electrons. The van der Waals surface area contributed by atoms with Crippen molar-refractivity contribution in [2.24, 2.45) is 4.99 Å². The van der Waals surface area contributed by atoms with E-state index in [4.69, 9.17) is 0 Å². The van der Waals surface area contributed by atoms with E-state index in [1.165, 1.54) is 10.9 Å². The van der Waals surface area contributed by atoms with Gasteiger partial charge < -0.3 is 10.1 Å².